The molecule has 0 aliphatic carbocycles. The molecule has 2 nitrogen and oxygen atoms in total. The van der Waals surface area contributed by atoms with Gasteiger partial charge >= 0.3 is 0 Å². The maximum Gasteiger partial charge on any atom is 0.0727 e. The highest BCUT2D eigenvalue weighted by Crippen LogP contribution is 2.26. The molecule has 2 aromatic carbocycles. The van der Waals surface area contributed by atoms with Crippen LogP contribution in [0.4, 0.5) is 0 Å². The molecule has 1 aliphatic heterocycles. The summed E-state index contributed by atoms with van der Waals surface area (Å²) in [5, 5.41) is 0. The number of benzene rings is 2. The lowest BCUT2D eigenvalue weighted by Gasteiger charge is -2.25. The lowest BCUT2D eigenvalue weighted by Crippen LogP contribution is -2.26. The molecular formula is C20H24N2. The van der Waals surface area contributed by atoms with Gasteiger partial charge in [0, 0.05) is 11.1 Å². The molecule has 1 atom stereocenters. The van der Waals surface area contributed by atoms with Crippen LogP contribution in [0.5, 0.6) is 0 Å². The Morgan fingerprint density at radius 1 is 1.00 bits per heavy atom. The Bertz CT molecular complexity index is 686. The molecule has 114 valence electrons. The van der Waals surface area contributed by atoms with Gasteiger partial charge in [0.05, 0.1) is 11.8 Å². The molecule has 0 bridgehead atoms. The fourth-order valence-corrected chi connectivity index (χ4v) is 3.11. The Morgan fingerprint density at radius 3 is 2.41 bits per heavy atom. The van der Waals surface area contributed by atoms with E-state index in [1.165, 1.54) is 28.0 Å². The van der Waals surface area contributed by atoms with E-state index in [1.807, 2.05) is 0 Å². The monoisotopic (exact) mass is 292 g/mol. The number of hydrogen-bond donors (Lipinski definition) is 0. The van der Waals surface area contributed by atoms with E-state index in [1.54, 1.807) is 0 Å². The van der Waals surface area contributed by atoms with Gasteiger partial charge in [0.25, 0.3) is 0 Å². The third kappa shape index (κ3) is 3.12. The van der Waals surface area contributed by atoms with Gasteiger partial charge in [-0.3, -0.25) is 4.99 Å². The molecule has 0 saturated carbocycles. The Kier molecular flexibility index (Phi) is 4.39. The van der Waals surface area contributed by atoms with E-state index < -0.39 is 0 Å². The number of rotatable bonds is 4. The van der Waals surface area contributed by atoms with Crippen LogP contribution in [0, 0.1) is 6.92 Å². The molecule has 0 radical (unpaired) electrons. The number of aryl methyl sites for hydroxylation is 1. The van der Waals surface area contributed by atoms with Gasteiger partial charge < -0.3 is 4.90 Å². The van der Waals surface area contributed by atoms with Crippen molar-refractivity contribution in [3.05, 3.63) is 70.8 Å². The topological polar surface area (TPSA) is 15.6 Å². The molecule has 0 fully saturated rings. The van der Waals surface area contributed by atoms with E-state index in [9.17, 15) is 0 Å². The van der Waals surface area contributed by atoms with Gasteiger partial charge in [-0.05, 0) is 51.5 Å². The third-order valence-electron chi connectivity index (χ3n) is 4.35. The largest absolute Gasteiger partial charge is 0.309 e. The maximum atomic E-state index is 5.12. The van der Waals surface area contributed by atoms with Crippen LogP contribution in [-0.2, 0) is 6.42 Å². The van der Waals surface area contributed by atoms with Gasteiger partial charge in [0.1, 0.15) is 0 Å². The molecule has 0 amide bonds. The van der Waals surface area contributed by atoms with Crippen LogP contribution < -0.4 is 0 Å². The van der Waals surface area contributed by atoms with Crippen LogP contribution >= 0.6 is 0 Å². The van der Waals surface area contributed by atoms with E-state index in [2.05, 4.69) is 74.4 Å². The molecule has 0 spiro atoms. The minimum absolute atomic E-state index is 0.381. The molecule has 0 N–H and O–H groups in total. The van der Waals surface area contributed by atoms with Crippen molar-refractivity contribution in [1.29, 1.82) is 0 Å². The minimum Gasteiger partial charge on any atom is -0.309 e. The summed E-state index contributed by atoms with van der Waals surface area (Å²) in [5.74, 6) is 0. The molecule has 2 aromatic rings. The summed E-state index contributed by atoms with van der Waals surface area (Å²) < 4.78 is 0. The first-order valence-electron chi connectivity index (χ1n) is 8.02. The van der Waals surface area contributed by atoms with E-state index in [-0.39, 0.29) is 0 Å². The van der Waals surface area contributed by atoms with E-state index in [0.717, 1.165) is 19.4 Å². The smallest absolute Gasteiger partial charge is 0.0727 e. The average Bonchev–Trinajstić information content (AvgIpc) is 2.53. The molecule has 1 heterocycles. The third-order valence-corrected chi connectivity index (χ3v) is 4.35. The first-order valence-corrected chi connectivity index (χ1v) is 8.02. The summed E-state index contributed by atoms with van der Waals surface area (Å²) in [4.78, 5) is 7.36. The van der Waals surface area contributed by atoms with Crippen molar-refractivity contribution in [2.75, 3.05) is 20.6 Å². The molecule has 3 rings (SSSR count). The van der Waals surface area contributed by atoms with Crippen molar-refractivity contribution >= 4 is 5.71 Å². The van der Waals surface area contributed by atoms with Crippen LogP contribution in [0.15, 0.2) is 53.5 Å². The van der Waals surface area contributed by atoms with Crippen molar-refractivity contribution in [3.63, 3.8) is 0 Å². The molecule has 1 aliphatic rings. The van der Waals surface area contributed by atoms with Crippen molar-refractivity contribution in [2.45, 2.75) is 25.8 Å². The van der Waals surface area contributed by atoms with E-state index in [4.69, 9.17) is 4.99 Å². The molecular weight excluding hydrogens is 268 g/mol. The van der Waals surface area contributed by atoms with Crippen LogP contribution in [0.3, 0.4) is 0 Å². The van der Waals surface area contributed by atoms with E-state index >= 15 is 0 Å². The lowest BCUT2D eigenvalue weighted by molar-refractivity contribution is 0.379. The summed E-state index contributed by atoms with van der Waals surface area (Å²) in [7, 11) is 4.26. The van der Waals surface area contributed by atoms with Gasteiger partial charge in [0.15, 0.2) is 0 Å². The van der Waals surface area contributed by atoms with Crippen LogP contribution in [0.25, 0.3) is 0 Å². The van der Waals surface area contributed by atoms with E-state index in [0.29, 0.717) is 6.04 Å². The second-order valence-corrected chi connectivity index (χ2v) is 6.40. The number of fused-ring (bicyclic) bond motifs is 1. The van der Waals surface area contributed by atoms with Gasteiger partial charge in [-0.1, -0.05) is 48.5 Å². The zero-order valence-electron chi connectivity index (χ0n) is 13.7. The zero-order chi connectivity index (χ0) is 15.5. The highest BCUT2D eigenvalue weighted by molar-refractivity contribution is 6.15. The first-order chi connectivity index (χ1) is 10.6. The van der Waals surface area contributed by atoms with Crippen LogP contribution in [-0.4, -0.2) is 37.3 Å². The quantitative estimate of drug-likeness (QED) is 0.839. The first kappa shape index (κ1) is 15.0. The van der Waals surface area contributed by atoms with Crippen LogP contribution in [0.2, 0.25) is 0 Å². The Labute approximate surface area is 133 Å². The van der Waals surface area contributed by atoms with Gasteiger partial charge in [-0.2, -0.15) is 0 Å². The molecule has 0 aromatic heterocycles. The standard InChI is InChI=1S/C20H24N2/c1-15-8-4-6-10-18(15)20-19-11-7-5-9-16(19)14-17(21-20)12-13-22(2)3/h4-11,17H,12-14H2,1-3H3. The predicted molar refractivity (Wildman–Crippen MR) is 93.9 cm³/mol. The second-order valence-electron chi connectivity index (χ2n) is 6.40. The van der Waals surface area contributed by atoms with Crippen LogP contribution in [0.1, 0.15) is 28.7 Å². The summed E-state index contributed by atoms with van der Waals surface area (Å²) >= 11 is 0. The molecule has 22 heavy (non-hydrogen) atoms. The normalized spacial score (nSPS) is 17.3. The summed E-state index contributed by atoms with van der Waals surface area (Å²) in [6.45, 7) is 3.25. The maximum absolute atomic E-state index is 5.12. The summed E-state index contributed by atoms with van der Waals surface area (Å²) in [6.07, 6.45) is 2.16. The highest BCUT2D eigenvalue weighted by atomic mass is 15.1. The summed E-state index contributed by atoms with van der Waals surface area (Å²) in [5.41, 5.74) is 6.47. The average molecular weight is 292 g/mol. The van der Waals surface area contributed by atoms with Crippen molar-refractivity contribution in [2.24, 2.45) is 4.99 Å². The highest BCUT2D eigenvalue weighted by Gasteiger charge is 2.22. The molecule has 1 unspecified atom stereocenters. The SMILES string of the molecule is Cc1ccccc1C1=NC(CCN(C)C)Cc2ccccc21. The predicted octanol–water partition coefficient (Wildman–Crippen LogP) is 3.71. The van der Waals surface area contributed by atoms with Gasteiger partial charge in [0.2, 0.25) is 0 Å². The Hall–Kier alpha value is -1.93. The fourth-order valence-electron chi connectivity index (χ4n) is 3.11. The lowest BCUT2D eigenvalue weighted by atomic mass is 9.88. The zero-order valence-corrected chi connectivity index (χ0v) is 13.7. The van der Waals surface area contributed by atoms with Crippen molar-refractivity contribution < 1.29 is 0 Å². The number of aliphatic imine (C=N–C) groups is 1. The second kappa shape index (κ2) is 6.45. The fraction of sp³-hybridized carbons (Fsp3) is 0.350. The summed E-state index contributed by atoms with van der Waals surface area (Å²) in [6, 6.07) is 17.7. The van der Waals surface area contributed by atoms with Gasteiger partial charge in [-0.15, -0.1) is 0 Å². The Morgan fingerprint density at radius 2 is 1.68 bits per heavy atom. The number of nitrogens with zero attached hydrogens (tertiary/aromatic N) is 2. The van der Waals surface area contributed by atoms with Gasteiger partial charge in [-0.25, -0.2) is 0 Å². The molecule has 2 heteroatoms. The minimum atomic E-state index is 0.381. The number of hydrogen-bond acceptors (Lipinski definition) is 2. The molecule has 0 saturated heterocycles. The Balaban J connectivity index is 2.01. The van der Waals surface area contributed by atoms with Crippen molar-refractivity contribution in [3.8, 4) is 0 Å². The van der Waals surface area contributed by atoms with Crippen molar-refractivity contribution in [1.82, 2.24) is 4.90 Å².